The third-order valence-corrected chi connectivity index (χ3v) is 6.84. The topological polar surface area (TPSA) is 105 Å². The van der Waals surface area contributed by atoms with E-state index in [0.717, 1.165) is 22.3 Å². The van der Waals surface area contributed by atoms with Crippen LogP contribution in [0.4, 0.5) is 18.0 Å². The number of amides is 2. The van der Waals surface area contributed by atoms with Crippen LogP contribution in [0.5, 0.6) is 0 Å². The van der Waals surface area contributed by atoms with Gasteiger partial charge >= 0.3 is 18.2 Å². The summed E-state index contributed by atoms with van der Waals surface area (Å²) in [6, 6.07) is 15.3. The standard InChI is InChI=1S/C25H25F3N2O5/c1-24(22(32)33,25(26,27)28)30-21(31)14-10-11-15(12-14)29-23(34)35-13-20-18-8-4-2-6-16(18)17-7-3-5-9-19(17)20/h2-9,14-15,20H,10-13H2,1H3,(H,29,34)(H,30,31)(H,32,33). The first kappa shape index (κ1) is 24.6. The number of carboxylic acids is 1. The molecule has 3 N–H and O–H groups in total. The third kappa shape index (κ3) is 4.69. The molecule has 35 heavy (non-hydrogen) atoms. The maximum Gasteiger partial charge on any atom is 0.422 e. The Kier molecular flexibility index (Phi) is 6.48. The number of nitrogens with one attached hydrogen (secondary N) is 2. The number of hydrogen-bond acceptors (Lipinski definition) is 4. The fourth-order valence-electron chi connectivity index (χ4n) is 4.75. The second kappa shape index (κ2) is 9.24. The van der Waals surface area contributed by atoms with Gasteiger partial charge in [0.15, 0.2) is 0 Å². The minimum Gasteiger partial charge on any atom is -0.479 e. The smallest absolute Gasteiger partial charge is 0.422 e. The first-order chi connectivity index (χ1) is 16.5. The summed E-state index contributed by atoms with van der Waals surface area (Å²) in [6.07, 6.45) is -5.18. The van der Waals surface area contributed by atoms with Crippen LogP contribution in [-0.2, 0) is 14.3 Å². The summed E-state index contributed by atoms with van der Waals surface area (Å²) in [7, 11) is 0. The molecule has 0 spiro atoms. The number of carbonyl (C=O) groups is 3. The highest BCUT2D eigenvalue weighted by atomic mass is 19.4. The molecule has 0 radical (unpaired) electrons. The molecule has 1 fully saturated rings. The summed E-state index contributed by atoms with van der Waals surface area (Å²) in [6.45, 7) is 0.521. The number of benzene rings is 2. The molecule has 186 valence electrons. The van der Waals surface area contributed by atoms with Gasteiger partial charge in [-0.3, -0.25) is 4.79 Å². The number of alkyl halides is 3. The number of carboxylic acid groups (broad SMARTS) is 1. The maximum absolute atomic E-state index is 13.2. The summed E-state index contributed by atoms with van der Waals surface area (Å²) in [5.41, 5.74) is 0.918. The van der Waals surface area contributed by atoms with Crippen molar-refractivity contribution in [3.8, 4) is 11.1 Å². The van der Waals surface area contributed by atoms with E-state index in [9.17, 15) is 27.6 Å². The van der Waals surface area contributed by atoms with Crippen molar-refractivity contribution < 1.29 is 37.4 Å². The molecule has 0 aliphatic heterocycles. The zero-order valence-corrected chi connectivity index (χ0v) is 18.9. The minimum atomic E-state index is -5.16. The van der Waals surface area contributed by atoms with Crippen LogP contribution in [0.15, 0.2) is 48.5 Å². The van der Waals surface area contributed by atoms with E-state index < -0.39 is 41.6 Å². The maximum atomic E-state index is 13.2. The Balaban J connectivity index is 1.32. The fraction of sp³-hybridized carbons (Fsp3) is 0.400. The number of ether oxygens (including phenoxy) is 1. The highest BCUT2D eigenvalue weighted by Crippen LogP contribution is 2.44. The second-order valence-corrected chi connectivity index (χ2v) is 9.09. The molecule has 0 aromatic heterocycles. The Hall–Kier alpha value is -3.56. The Bertz CT molecular complexity index is 1110. The van der Waals surface area contributed by atoms with Gasteiger partial charge in [-0.1, -0.05) is 48.5 Å². The van der Waals surface area contributed by atoms with Gasteiger partial charge in [0, 0.05) is 17.9 Å². The van der Waals surface area contributed by atoms with E-state index in [2.05, 4.69) is 5.32 Å². The number of alkyl carbamates (subject to hydrolysis) is 1. The first-order valence-corrected chi connectivity index (χ1v) is 11.2. The molecular weight excluding hydrogens is 465 g/mol. The van der Waals surface area contributed by atoms with E-state index in [1.54, 1.807) is 5.32 Å². The van der Waals surface area contributed by atoms with Crippen LogP contribution in [0.3, 0.4) is 0 Å². The van der Waals surface area contributed by atoms with Gasteiger partial charge in [-0.05, 0) is 48.4 Å². The third-order valence-electron chi connectivity index (χ3n) is 6.84. The quantitative estimate of drug-likeness (QED) is 0.563. The Morgan fingerprint density at radius 2 is 1.57 bits per heavy atom. The van der Waals surface area contributed by atoms with Crippen LogP contribution in [0, 0.1) is 5.92 Å². The number of rotatable bonds is 6. The highest BCUT2D eigenvalue weighted by Gasteiger charge is 2.59. The summed E-state index contributed by atoms with van der Waals surface area (Å²) in [5.74, 6) is -4.17. The molecule has 0 heterocycles. The first-order valence-electron chi connectivity index (χ1n) is 11.2. The van der Waals surface area contributed by atoms with Gasteiger partial charge in [-0.15, -0.1) is 0 Å². The molecule has 2 aliphatic rings. The van der Waals surface area contributed by atoms with Crippen molar-refractivity contribution in [1.82, 2.24) is 10.6 Å². The molecule has 7 nitrogen and oxygen atoms in total. The molecule has 3 unspecified atom stereocenters. The van der Waals surface area contributed by atoms with Crippen molar-refractivity contribution in [2.75, 3.05) is 6.61 Å². The minimum absolute atomic E-state index is 0.0869. The van der Waals surface area contributed by atoms with Crippen molar-refractivity contribution in [2.45, 2.75) is 49.9 Å². The van der Waals surface area contributed by atoms with Crippen LogP contribution in [-0.4, -0.2) is 47.4 Å². The zero-order valence-electron chi connectivity index (χ0n) is 18.9. The average Bonchev–Trinajstić information content (AvgIpc) is 3.39. The van der Waals surface area contributed by atoms with Crippen molar-refractivity contribution in [3.63, 3.8) is 0 Å². The number of halogens is 3. The molecular formula is C25H25F3N2O5. The summed E-state index contributed by atoms with van der Waals surface area (Å²) < 4.78 is 45.0. The normalized spacial score (nSPS) is 20.9. The van der Waals surface area contributed by atoms with Crippen LogP contribution in [0.2, 0.25) is 0 Å². The monoisotopic (exact) mass is 490 g/mol. The molecule has 1 saturated carbocycles. The zero-order chi connectivity index (χ0) is 25.4. The van der Waals surface area contributed by atoms with E-state index in [1.807, 2.05) is 48.5 Å². The van der Waals surface area contributed by atoms with E-state index in [4.69, 9.17) is 9.84 Å². The average molecular weight is 490 g/mol. The van der Waals surface area contributed by atoms with Crippen LogP contribution in [0.25, 0.3) is 11.1 Å². The Morgan fingerprint density at radius 1 is 1.00 bits per heavy atom. The molecule has 4 rings (SSSR count). The molecule has 0 saturated heterocycles. The Labute approximate surface area is 199 Å². The van der Waals surface area contributed by atoms with Crippen LogP contribution >= 0.6 is 0 Å². The molecule has 2 amide bonds. The van der Waals surface area contributed by atoms with Crippen molar-refractivity contribution >= 4 is 18.0 Å². The van der Waals surface area contributed by atoms with Gasteiger partial charge < -0.3 is 20.5 Å². The largest absolute Gasteiger partial charge is 0.479 e. The lowest BCUT2D eigenvalue weighted by molar-refractivity contribution is -0.207. The number of aliphatic carboxylic acids is 1. The van der Waals surface area contributed by atoms with Gasteiger partial charge in [0.05, 0.1) is 0 Å². The van der Waals surface area contributed by atoms with Gasteiger partial charge in [0.25, 0.3) is 0 Å². The SMILES string of the molecule is CC(NC(=O)C1CCC(NC(=O)OCC2c3ccccc3-c3ccccc32)C1)(C(=O)O)C(F)(F)F. The second-order valence-electron chi connectivity index (χ2n) is 9.09. The molecule has 10 heteroatoms. The van der Waals surface area contributed by atoms with Gasteiger partial charge in [0.1, 0.15) is 6.61 Å². The summed E-state index contributed by atoms with van der Waals surface area (Å²) in [4.78, 5) is 36.0. The lowest BCUT2D eigenvalue weighted by atomic mass is 9.98. The lowest BCUT2D eigenvalue weighted by Crippen LogP contribution is -2.62. The number of fused-ring (bicyclic) bond motifs is 3. The van der Waals surface area contributed by atoms with Gasteiger partial charge in [-0.2, -0.15) is 13.2 Å². The highest BCUT2D eigenvalue weighted by molar-refractivity contribution is 5.88. The summed E-state index contributed by atoms with van der Waals surface area (Å²) in [5, 5.41) is 13.3. The molecule has 2 aromatic carbocycles. The summed E-state index contributed by atoms with van der Waals surface area (Å²) >= 11 is 0. The number of hydrogen-bond donors (Lipinski definition) is 3. The molecule has 3 atom stereocenters. The van der Waals surface area contributed by atoms with E-state index >= 15 is 0 Å². The lowest BCUT2D eigenvalue weighted by Gasteiger charge is -2.29. The van der Waals surface area contributed by atoms with E-state index in [-0.39, 0.29) is 25.4 Å². The van der Waals surface area contributed by atoms with Gasteiger partial charge in [0.2, 0.25) is 11.4 Å². The van der Waals surface area contributed by atoms with Crippen molar-refractivity contribution in [3.05, 3.63) is 59.7 Å². The van der Waals surface area contributed by atoms with Crippen LogP contribution in [0.1, 0.15) is 43.2 Å². The molecule has 2 aliphatic carbocycles. The fourth-order valence-corrected chi connectivity index (χ4v) is 4.75. The Morgan fingerprint density at radius 3 is 2.11 bits per heavy atom. The van der Waals surface area contributed by atoms with E-state index in [1.165, 1.54) is 0 Å². The predicted molar refractivity (Wildman–Crippen MR) is 120 cm³/mol. The number of carbonyl (C=O) groups excluding carboxylic acids is 2. The molecule has 0 bridgehead atoms. The van der Waals surface area contributed by atoms with Crippen molar-refractivity contribution in [2.24, 2.45) is 5.92 Å². The van der Waals surface area contributed by atoms with Crippen molar-refractivity contribution in [1.29, 1.82) is 0 Å². The van der Waals surface area contributed by atoms with E-state index in [0.29, 0.717) is 13.3 Å². The molecule has 2 aromatic rings. The predicted octanol–water partition coefficient (Wildman–Crippen LogP) is 4.22. The van der Waals surface area contributed by atoms with Crippen LogP contribution < -0.4 is 10.6 Å². The van der Waals surface area contributed by atoms with Gasteiger partial charge in [-0.25, -0.2) is 9.59 Å².